The van der Waals surface area contributed by atoms with Crippen LogP contribution in [0.5, 0.6) is 11.5 Å². The van der Waals surface area contributed by atoms with Gasteiger partial charge in [0.2, 0.25) is 6.10 Å². The lowest BCUT2D eigenvalue weighted by Crippen LogP contribution is -2.42. The van der Waals surface area contributed by atoms with Crippen molar-refractivity contribution in [1.29, 1.82) is 0 Å². The van der Waals surface area contributed by atoms with Crippen LogP contribution in [-0.4, -0.2) is 24.8 Å². The fourth-order valence-electron chi connectivity index (χ4n) is 2.63. The number of nitrogens with one attached hydrogen (secondary N) is 1. The van der Waals surface area contributed by atoms with Crippen LogP contribution in [0.4, 0.5) is 0 Å². The molecule has 1 amide bonds. The Kier molecular flexibility index (Phi) is 5.23. The number of hydrazone groups is 1. The number of ether oxygens (including phenoxy) is 2. The summed E-state index contributed by atoms with van der Waals surface area (Å²) in [5.74, 6) is 1.69. The molecule has 28 heavy (non-hydrogen) atoms. The minimum absolute atomic E-state index is 0.108. The second kappa shape index (κ2) is 7.96. The SMILES string of the molecule is O=C(N/N=C\c1ccc(-c2cc(Cl)ccc2Cl)o1)[C@@H]1COc2ccccc2O1. The van der Waals surface area contributed by atoms with E-state index in [0.29, 0.717) is 38.6 Å². The van der Waals surface area contributed by atoms with Crippen LogP contribution in [0.15, 0.2) is 64.1 Å². The Hall–Kier alpha value is -2.96. The first-order chi connectivity index (χ1) is 13.6. The number of carbonyl (C=O) groups excluding carboxylic acids is 1. The molecule has 4 rings (SSSR count). The lowest BCUT2D eigenvalue weighted by atomic mass is 10.2. The maximum absolute atomic E-state index is 12.2. The van der Waals surface area contributed by atoms with Crippen molar-refractivity contribution in [3.63, 3.8) is 0 Å². The van der Waals surface area contributed by atoms with Gasteiger partial charge in [-0.3, -0.25) is 4.79 Å². The van der Waals surface area contributed by atoms with E-state index in [1.165, 1.54) is 6.21 Å². The van der Waals surface area contributed by atoms with Gasteiger partial charge < -0.3 is 13.9 Å². The summed E-state index contributed by atoms with van der Waals surface area (Å²) >= 11 is 12.2. The van der Waals surface area contributed by atoms with Gasteiger partial charge in [0.1, 0.15) is 18.1 Å². The second-order valence-corrected chi connectivity index (χ2v) is 6.77. The van der Waals surface area contributed by atoms with E-state index in [1.54, 1.807) is 48.5 Å². The molecule has 1 N–H and O–H groups in total. The molecule has 0 spiro atoms. The third-order valence-electron chi connectivity index (χ3n) is 3.99. The zero-order valence-corrected chi connectivity index (χ0v) is 15.9. The van der Waals surface area contributed by atoms with Crippen LogP contribution < -0.4 is 14.9 Å². The van der Waals surface area contributed by atoms with Crippen LogP contribution in [-0.2, 0) is 4.79 Å². The summed E-state index contributed by atoms with van der Waals surface area (Å²) in [6.45, 7) is 0.108. The van der Waals surface area contributed by atoms with Crippen molar-refractivity contribution in [3.05, 3.63) is 70.4 Å². The third kappa shape index (κ3) is 3.98. The van der Waals surface area contributed by atoms with E-state index in [9.17, 15) is 4.79 Å². The van der Waals surface area contributed by atoms with E-state index in [1.807, 2.05) is 6.07 Å². The monoisotopic (exact) mass is 416 g/mol. The first-order valence-corrected chi connectivity index (χ1v) is 9.12. The van der Waals surface area contributed by atoms with Crippen LogP contribution in [0.1, 0.15) is 5.76 Å². The third-order valence-corrected chi connectivity index (χ3v) is 4.55. The van der Waals surface area contributed by atoms with Gasteiger partial charge >= 0.3 is 0 Å². The molecule has 1 aromatic heterocycles. The molecule has 0 bridgehead atoms. The van der Waals surface area contributed by atoms with Crippen LogP contribution in [0.25, 0.3) is 11.3 Å². The predicted octanol–water partition coefficient (Wildman–Crippen LogP) is 4.54. The second-order valence-electron chi connectivity index (χ2n) is 5.92. The average molecular weight is 417 g/mol. The standard InChI is InChI=1S/C20H14Cl2N2O4/c21-12-5-7-15(22)14(9-12)16-8-6-13(27-16)10-23-24-20(25)19-11-26-17-3-1-2-4-18(17)28-19/h1-10,19H,11H2,(H,24,25)/b23-10-/t19-/m0/s1. The molecule has 1 atom stereocenters. The highest BCUT2D eigenvalue weighted by Crippen LogP contribution is 2.32. The van der Waals surface area contributed by atoms with Crippen molar-refractivity contribution < 1.29 is 18.7 Å². The maximum atomic E-state index is 12.2. The van der Waals surface area contributed by atoms with Crippen molar-refractivity contribution in [2.45, 2.75) is 6.10 Å². The largest absolute Gasteiger partial charge is 0.485 e. The number of para-hydroxylation sites is 2. The number of hydrogen-bond donors (Lipinski definition) is 1. The highest BCUT2D eigenvalue weighted by Gasteiger charge is 2.27. The van der Waals surface area contributed by atoms with E-state index in [2.05, 4.69) is 10.5 Å². The summed E-state index contributed by atoms with van der Waals surface area (Å²) in [6, 6.07) is 15.7. The van der Waals surface area contributed by atoms with Crippen LogP contribution in [0.3, 0.4) is 0 Å². The van der Waals surface area contributed by atoms with Crippen LogP contribution >= 0.6 is 23.2 Å². The zero-order valence-electron chi connectivity index (χ0n) is 14.4. The molecular weight excluding hydrogens is 403 g/mol. The Morgan fingerprint density at radius 2 is 1.93 bits per heavy atom. The molecule has 0 radical (unpaired) electrons. The van der Waals surface area contributed by atoms with E-state index in [0.717, 1.165) is 0 Å². The van der Waals surface area contributed by atoms with Gasteiger partial charge in [-0.25, -0.2) is 5.43 Å². The van der Waals surface area contributed by atoms with E-state index in [4.69, 9.17) is 37.1 Å². The summed E-state index contributed by atoms with van der Waals surface area (Å²) < 4.78 is 16.8. The molecule has 2 heterocycles. The van der Waals surface area contributed by atoms with Crippen molar-refractivity contribution in [1.82, 2.24) is 5.43 Å². The van der Waals surface area contributed by atoms with E-state index >= 15 is 0 Å². The summed E-state index contributed by atoms with van der Waals surface area (Å²) in [7, 11) is 0. The Labute approximate surface area is 170 Å². The molecule has 0 saturated carbocycles. The predicted molar refractivity (Wildman–Crippen MR) is 106 cm³/mol. The first-order valence-electron chi connectivity index (χ1n) is 8.37. The van der Waals surface area contributed by atoms with Gasteiger partial charge in [0.25, 0.3) is 5.91 Å². The molecule has 6 nitrogen and oxygen atoms in total. The van der Waals surface area contributed by atoms with Gasteiger partial charge in [-0.05, 0) is 42.5 Å². The Balaban J connectivity index is 1.39. The van der Waals surface area contributed by atoms with E-state index < -0.39 is 12.0 Å². The minimum Gasteiger partial charge on any atom is -0.485 e. The van der Waals surface area contributed by atoms with Gasteiger partial charge in [0.15, 0.2) is 11.5 Å². The summed E-state index contributed by atoms with van der Waals surface area (Å²) in [5, 5.41) is 4.98. The molecule has 142 valence electrons. The number of carbonyl (C=O) groups is 1. The fourth-order valence-corrected chi connectivity index (χ4v) is 3.02. The summed E-state index contributed by atoms with van der Waals surface area (Å²) in [4.78, 5) is 12.2. The zero-order chi connectivity index (χ0) is 19.5. The average Bonchev–Trinajstić information content (AvgIpc) is 3.18. The van der Waals surface area contributed by atoms with Gasteiger partial charge in [-0.1, -0.05) is 35.3 Å². The van der Waals surface area contributed by atoms with Crippen molar-refractivity contribution >= 4 is 35.3 Å². The quantitative estimate of drug-likeness (QED) is 0.500. The smallest absolute Gasteiger partial charge is 0.284 e. The fraction of sp³-hybridized carbons (Fsp3) is 0.100. The number of amides is 1. The number of nitrogens with zero attached hydrogens (tertiary/aromatic N) is 1. The lowest BCUT2D eigenvalue weighted by molar-refractivity contribution is -0.130. The minimum atomic E-state index is -0.788. The molecule has 0 saturated heterocycles. The molecule has 0 fully saturated rings. The van der Waals surface area contributed by atoms with Gasteiger partial charge in [-0.15, -0.1) is 0 Å². The number of hydrogen-bond acceptors (Lipinski definition) is 5. The normalized spacial score (nSPS) is 15.6. The topological polar surface area (TPSA) is 73.1 Å². The van der Waals surface area contributed by atoms with Crippen molar-refractivity contribution in [3.8, 4) is 22.8 Å². The Morgan fingerprint density at radius 3 is 2.79 bits per heavy atom. The van der Waals surface area contributed by atoms with Gasteiger partial charge in [0, 0.05) is 10.6 Å². The molecule has 1 aliphatic rings. The molecular formula is C20H14Cl2N2O4. The Morgan fingerprint density at radius 1 is 1.11 bits per heavy atom. The number of benzene rings is 2. The molecule has 8 heteroatoms. The molecule has 0 unspecified atom stereocenters. The first kappa shape index (κ1) is 18.4. The highest BCUT2D eigenvalue weighted by atomic mass is 35.5. The van der Waals surface area contributed by atoms with E-state index in [-0.39, 0.29) is 6.61 Å². The van der Waals surface area contributed by atoms with Crippen LogP contribution in [0.2, 0.25) is 10.0 Å². The van der Waals surface area contributed by atoms with Gasteiger partial charge in [0.05, 0.1) is 11.2 Å². The molecule has 2 aromatic carbocycles. The Bertz CT molecular complexity index is 1050. The molecule has 3 aromatic rings. The van der Waals surface area contributed by atoms with Gasteiger partial charge in [-0.2, -0.15) is 5.10 Å². The number of rotatable bonds is 4. The number of fused-ring (bicyclic) bond motifs is 1. The maximum Gasteiger partial charge on any atom is 0.284 e. The van der Waals surface area contributed by atoms with Crippen molar-refractivity contribution in [2.24, 2.45) is 5.10 Å². The summed E-state index contributed by atoms with van der Waals surface area (Å²) in [5.41, 5.74) is 3.09. The number of furan rings is 1. The highest BCUT2D eigenvalue weighted by molar-refractivity contribution is 6.35. The van der Waals surface area contributed by atoms with Crippen LogP contribution in [0, 0.1) is 0 Å². The van der Waals surface area contributed by atoms with Crippen molar-refractivity contribution in [2.75, 3.05) is 6.61 Å². The number of halogens is 2. The molecule has 1 aliphatic heterocycles. The lowest BCUT2D eigenvalue weighted by Gasteiger charge is -2.24. The summed E-state index contributed by atoms with van der Waals surface area (Å²) in [6.07, 6.45) is 0.599. The molecule has 0 aliphatic carbocycles.